The predicted octanol–water partition coefficient (Wildman–Crippen LogP) is 3.00. The van der Waals surface area contributed by atoms with Crippen molar-refractivity contribution in [2.75, 3.05) is 6.54 Å². The highest BCUT2D eigenvalue weighted by Crippen LogP contribution is 2.06. The number of alkyl carbamates (subject to hydrolysis) is 1. The molecule has 0 heterocycles. The van der Waals surface area contributed by atoms with Gasteiger partial charge in [-0.15, -0.1) is 0 Å². The molecule has 4 nitrogen and oxygen atoms in total. The molecule has 0 bridgehead atoms. The number of carbonyl (C=O) groups excluding carboxylic acids is 1. The Morgan fingerprint density at radius 2 is 2.05 bits per heavy atom. The van der Waals surface area contributed by atoms with Crippen molar-refractivity contribution in [2.24, 2.45) is 0 Å². The molecule has 0 saturated carbocycles. The highest BCUT2D eigenvalue weighted by molar-refractivity contribution is 5.68. The number of ether oxygens (including phenoxy) is 1. The third-order valence-electron chi connectivity index (χ3n) is 2.63. The molecular weight excluding hydrogens is 252 g/mol. The first-order chi connectivity index (χ1) is 9.26. The zero-order chi connectivity index (χ0) is 15.2. The van der Waals surface area contributed by atoms with E-state index in [-0.39, 0.29) is 12.1 Å². The third kappa shape index (κ3) is 7.14. The van der Waals surface area contributed by atoms with Gasteiger partial charge in [0, 0.05) is 19.1 Å². The van der Waals surface area contributed by atoms with Gasteiger partial charge in [-0.2, -0.15) is 0 Å². The largest absolute Gasteiger partial charge is 0.444 e. The molecule has 2 N–H and O–H groups in total. The molecule has 1 amide bonds. The quantitative estimate of drug-likeness (QED) is 0.870. The van der Waals surface area contributed by atoms with E-state index >= 15 is 0 Å². The van der Waals surface area contributed by atoms with E-state index in [1.165, 1.54) is 11.1 Å². The van der Waals surface area contributed by atoms with Crippen LogP contribution in [0.4, 0.5) is 4.79 Å². The van der Waals surface area contributed by atoms with Crippen molar-refractivity contribution >= 4 is 6.09 Å². The summed E-state index contributed by atoms with van der Waals surface area (Å²) in [6.45, 7) is 11.1. The van der Waals surface area contributed by atoms with Gasteiger partial charge in [0.05, 0.1) is 0 Å². The number of benzene rings is 1. The van der Waals surface area contributed by atoms with Gasteiger partial charge in [-0.25, -0.2) is 4.79 Å². The van der Waals surface area contributed by atoms with Crippen molar-refractivity contribution in [3.05, 3.63) is 35.4 Å². The molecule has 1 aromatic rings. The molecule has 20 heavy (non-hydrogen) atoms. The first-order valence-corrected chi connectivity index (χ1v) is 7.02. The molecule has 4 heteroatoms. The Labute approximate surface area is 121 Å². The van der Waals surface area contributed by atoms with E-state index in [9.17, 15) is 4.79 Å². The van der Waals surface area contributed by atoms with Crippen molar-refractivity contribution in [3.8, 4) is 0 Å². The van der Waals surface area contributed by atoms with Gasteiger partial charge in [0.1, 0.15) is 5.60 Å². The fourth-order valence-corrected chi connectivity index (χ4v) is 1.81. The molecule has 1 rings (SSSR count). The van der Waals surface area contributed by atoms with Crippen LogP contribution in [-0.4, -0.2) is 24.3 Å². The number of hydrogen-bond donors (Lipinski definition) is 2. The van der Waals surface area contributed by atoms with Crippen LogP contribution >= 0.6 is 0 Å². The zero-order valence-corrected chi connectivity index (χ0v) is 13.1. The first kappa shape index (κ1) is 16.5. The lowest BCUT2D eigenvalue weighted by Gasteiger charge is -2.22. The van der Waals surface area contributed by atoms with E-state index in [0.29, 0.717) is 6.54 Å². The van der Waals surface area contributed by atoms with Crippen molar-refractivity contribution in [3.63, 3.8) is 0 Å². The molecule has 0 saturated heterocycles. The molecular formula is C16H26N2O2. The standard InChI is InChI=1S/C16H26N2O2/c1-12-7-6-8-14(9-12)11-17-10-13(2)18-15(19)20-16(3,4)5/h6-9,13,17H,10-11H2,1-5H3,(H,18,19). The lowest BCUT2D eigenvalue weighted by Crippen LogP contribution is -2.42. The maximum atomic E-state index is 11.6. The van der Waals surface area contributed by atoms with Crippen LogP contribution in [-0.2, 0) is 11.3 Å². The maximum Gasteiger partial charge on any atom is 0.407 e. The molecule has 0 fully saturated rings. The number of amides is 1. The average Bonchev–Trinajstić information content (AvgIpc) is 2.25. The topological polar surface area (TPSA) is 50.4 Å². The van der Waals surface area contributed by atoms with Crippen LogP contribution in [0.2, 0.25) is 0 Å². The van der Waals surface area contributed by atoms with Crippen molar-refractivity contribution in [2.45, 2.75) is 52.8 Å². The minimum atomic E-state index is -0.460. The molecule has 0 spiro atoms. The van der Waals surface area contributed by atoms with E-state index in [0.717, 1.165) is 6.54 Å². The van der Waals surface area contributed by atoms with Crippen LogP contribution in [0.25, 0.3) is 0 Å². The van der Waals surface area contributed by atoms with Crippen molar-refractivity contribution in [1.29, 1.82) is 0 Å². The van der Waals surface area contributed by atoms with Gasteiger partial charge in [-0.1, -0.05) is 29.8 Å². The van der Waals surface area contributed by atoms with Gasteiger partial charge in [0.2, 0.25) is 0 Å². The maximum absolute atomic E-state index is 11.6. The van der Waals surface area contributed by atoms with Crippen LogP contribution < -0.4 is 10.6 Å². The smallest absolute Gasteiger partial charge is 0.407 e. The third-order valence-corrected chi connectivity index (χ3v) is 2.63. The van der Waals surface area contributed by atoms with E-state index in [2.05, 4.69) is 41.8 Å². The minimum Gasteiger partial charge on any atom is -0.444 e. The zero-order valence-electron chi connectivity index (χ0n) is 13.1. The fraction of sp³-hybridized carbons (Fsp3) is 0.562. The second kappa shape index (κ2) is 7.29. The van der Waals surface area contributed by atoms with Gasteiger partial charge in [0.15, 0.2) is 0 Å². The van der Waals surface area contributed by atoms with E-state index in [1.54, 1.807) is 0 Å². The Balaban J connectivity index is 2.26. The second-order valence-electron chi connectivity index (χ2n) is 6.17. The number of aryl methyl sites for hydroxylation is 1. The summed E-state index contributed by atoms with van der Waals surface area (Å²) in [6, 6.07) is 8.39. The lowest BCUT2D eigenvalue weighted by atomic mass is 10.1. The second-order valence-corrected chi connectivity index (χ2v) is 6.17. The van der Waals surface area contributed by atoms with Gasteiger partial charge < -0.3 is 15.4 Å². The number of nitrogens with one attached hydrogen (secondary N) is 2. The van der Waals surface area contributed by atoms with Gasteiger partial charge in [0.25, 0.3) is 0 Å². The first-order valence-electron chi connectivity index (χ1n) is 7.02. The van der Waals surface area contributed by atoms with Gasteiger partial charge in [-0.05, 0) is 40.2 Å². The Kier molecular flexibility index (Phi) is 6.02. The van der Waals surface area contributed by atoms with Crippen LogP contribution in [0.15, 0.2) is 24.3 Å². The van der Waals surface area contributed by atoms with E-state index in [1.807, 2.05) is 27.7 Å². The summed E-state index contributed by atoms with van der Waals surface area (Å²) in [5.74, 6) is 0. The SMILES string of the molecule is Cc1cccc(CNCC(C)NC(=O)OC(C)(C)C)c1. The highest BCUT2D eigenvalue weighted by atomic mass is 16.6. The fourth-order valence-electron chi connectivity index (χ4n) is 1.81. The Morgan fingerprint density at radius 1 is 1.35 bits per heavy atom. The van der Waals surface area contributed by atoms with Crippen LogP contribution in [0, 0.1) is 6.92 Å². The van der Waals surface area contributed by atoms with E-state index < -0.39 is 5.60 Å². The normalized spacial score (nSPS) is 12.8. The number of rotatable bonds is 5. The van der Waals surface area contributed by atoms with Gasteiger partial charge >= 0.3 is 6.09 Å². The van der Waals surface area contributed by atoms with Crippen LogP contribution in [0.1, 0.15) is 38.8 Å². The summed E-state index contributed by atoms with van der Waals surface area (Å²) < 4.78 is 5.21. The Hall–Kier alpha value is -1.55. The number of carbonyl (C=O) groups is 1. The molecule has 0 aliphatic carbocycles. The molecule has 1 atom stereocenters. The summed E-state index contributed by atoms with van der Waals surface area (Å²) in [5, 5.41) is 6.14. The lowest BCUT2D eigenvalue weighted by molar-refractivity contribution is 0.0508. The van der Waals surface area contributed by atoms with Crippen LogP contribution in [0.5, 0.6) is 0 Å². The molecule has 0 aromatic heterocycles. The summed E-state index contributed by atoms with van der Waals surface area (Å²) in [5.41, 5.74) is 2.04. The van der Waals surface area contributed by atoms with E-state index in [4.69, 9.17) is 4.74 Å². The minimum absolute atomic E-state index is 0.0228. The summed E-state index contributed by atoms with van der Waals surface area (Å²) in [7, 11) is 0. The number of hydrogen-bond acceptors (Lipinski definition) is 3. The van der Waals surface area contributed by atoms with Crippen molar-refractivity contribution < 1.29 is 9.53 Å². The average molecular weight is 278 g/mol. The molecule has 1 unspecified atom stereocenters. The Bertz CT molecular complexity index is 438. The summed E-state index contributed by atoms with van der Waals surface area (Å²) in [6.07, 6.45) is -0.373. The summed E-state index contributed by atoms with van der Waals surface area (Å²) in [4.78, 5) is 11.6. The van der Waals surface area contributed by atoms with Crippen LogP contribution in [0.3, 0.4) is 0 Å². The highest BCUT2D eigenvalue weighted by Gasteiger charge is 2.17. The molecule has 0 aliphatic rings. The van der Waals surface area contributed by atoms with Gasteiger partial charge in [-0.3, -0.25) is 0 Å². The predicted molar refractivity (Wildman–Crippen MR) is 81.7 cm³/mol. The summed E-state index contributed by atoms with van der Waals surface area (Å²) >= 11 is 0. The molecule has 0 radical (unpaired) electrons. The molecule has 0 aliphatic heterocycles. The van der Waals surface area contributed by atoms with Crippen molar-refractivity contribution in [1.82, 2.24) is 10.6 Å². The molecule has 1 aromatic carbocycles. The monoisotopic (exact) mass is 278 g/mol. The Morgan fingerprint density at radius 3 is 2.65 bits per heavy atom. The molecule has 112 valence electrons.